The van der Waals surface area contributed by atoms with Gasteiger partial charge in [-0.2, -0.15) is 0 Å². The van der Waals surface area contributed by atoms with E-state index in [1.165, 1.54) is 0 Å². The van der Waals surface area contributed by atoms with Crippen LogP contribution in [0.1, 0.15) is 5.56 Å². The summed E-state index contributed by atoms with van der Waals surface area (Å²) in [6.07, 6.45) is 0. The number of ether oxygens (including phenoxy) is 1. The van der Waals surface area contributed by atoms with Crippen LogP contribution in [0.4, 0.5) is 5.69 Å². The average Bonchev–Trinajstić information content (AvgIpc) is 2.55. The predicted molar refractivity (Wildman–Crippen MR) is 87.1 cm³/mol. The van der Waals surface area contributed by atoms with E-state index >= 15 is 0 Å². The molecule has 0 spiro atoms. The highest BCUT2D eigenvalue weighted by molar-refractivity contribution is 5.77. The molecule has 0 radical (unpaired) electrons. The molecule has 2 nitrogen and oxygen atoms in total. The van der Waals surface area contributed by atoms with Gasteiger partial charge in [-0.1, -0.05) is 60.7 Å². The Kier molecular flexibility index (Phi) is 3.88. The maximum absolute atomic E-state index is 6.14. The van der Waals surface area contributed by atoms with Gasteiger partial charge in [0.15, 0.2) is 0 Å². The number of anilines is 1. The molecule has 0 atom stereocenters. The summed E-state index contributed by atoms with van der Waals surface area (Å²) in [6, 6.07) is 26.1. The van der Waals surface area contributed by atoms with Gasteiger partial charge in [0.2, 0.25) is 0 Å². The summed E-state index contributed by atoms with van der Waals surface area (Å²) in [5.74, 6) is 0.788. The highest BCUT2D eigenvalue weighted by Crippen LogP contribution is 2.29. The minimum Gasteiger partial charge on any atom is -0.489 e. The first-order valence-corrected chi connectivity index (χ1v) is 6.94. The van der Waals surface area contributed by atoms with Crippen molar-refractivity contribution in [1.29, 1.82) is 0 Å². The van der Waals surface area contributed by atoms with Crippen molar-refractivity contribution in [2.75, 3.05) is 5.73 Å². The van der Waals surface area contributed by atoms with Crippen molar-refractivity contribution < 1.29 is 4.74 Å². The van der Waals surface area contributed by atoms with E-state index in [0.29, 0.717) is 6.61 Å². The van der Waals surface area contributed by atoms with Gasteiger partial charge in [0.25, 0.3) is 0 Å². The Labute approximate surface area is 124 Å². The summed E-state index contributed by atoms with van der Waals surface area (Å²) >= 11 is 0. The lowest BCUT2D eigenvalue weighted by molar-refractivity contribution is 0.306. The second kappa shape index (κ2) is 6.14. The number of hydrogen-bond donors (Lipinski definition) is 1. The van der Waals surface area contributed by atoms with Crippen molar-refractivity contribution in [1.82, 2.24) is 0 Å². The smallest absolute Gasteiger partial charge is 0.121 e. The van der Waals surface area contributed by atoms with Crippen LogP contribution in [0.3, 0.4) is 0 Å². The Bertz CT molecular complexity index is 708. The molecule has 3 aromatic carbocycles. The largest absolute Gasteiger partial charge is 0.489 e. The van der Waals surface area contributed by atoms with Crippen LogP contribution < -0.4 is 10.5 Å². The van der Waals surface area contributed by atoms with Gasteiger partial charge in [0, 0.05) is 17.3 Å². The highest BCUT2D eigenvalue weighted by atomic mass is 16.5. The third-order valence-electron chi connectivity index (χ3n) is 3.36. The van der Waals surface area contributed by atoms with E-state index in [9.17, 15) is 0 Å². The zero-order valence-electron chi connectivity index (χ0n) is 11.7. The van der Waals surface area contributed by atoms with E-state index < -0.39 is 0 Å². The van der Waals surface area contributed by atoms with Crippen LogP contribution in [0.5, 0.6) is 5.75 Å². The van der Waals surface area contributed by atoms with Crippen LogP contribution in [0.2, 0.25) is 0 Å². The van der Waals surface area contributed by atoms with Gasteiger partial charge in [-0.05, 0) is 23.3 Å². The molecule has 2 N–H and O–H groups in total. The molecule has 0 aromatic heterocycles. The van der Waals surface area contributed by atoms with Gasteiger partial charge in [0.1, 0.15) is 12.4 Å². The third kappa shape index (κ3) is 3.23. The number of benzene rings is 3. The second-order valence-electron chi connectivity index (χ2n) is 4.89. The van der Waals surface area contributed by atoms with Gasteiger partial charge < -0.3 is 10.5 Å². The molecule has 0 saturated carbocycles. The topological polar surface area (TPSA) is 35.2 Å². The normalized spacial score (nSPS) is 10.3. The fourth-order valence-electron chi connectivity index (χ4n) is 2.25. The van der Waals surface area contributed by atoms with E-state index in [0.717, 1.165) is 28.1 Å². The standard InChI is InChI=1S/C19H17NO/c20-19-13-17(21-14-15-7-3-1-4-8-15)11-12-18(19)16-9-5-2-6-10-16/h1-13H,14,20H2. The predicted octanol–water partition coefficient (Wildman–Crippen LogP) is 4.51. The van der Waals surface area contributed by atoms with Crippen LogP contribution >= 0.6 is 0 Å². The zero-order valence-corrected chi connectivity index (χ0v) is 11.7. The molecule has 2 heteroatoms. The fraction of sp³-hybridized carbons (Fsp3) is 0.0526. The summed E-state index contributed by atoms with van der Waals surface area (Å²) in [5.41, 5.74) is 10.2. The van der Waals surface area contributed by atoms with Crippen molar-refractivity contribution >= 4 is 5.69 Å². The van der Waals surface area contributed by atoms with Crippen LogP contribution in [0.25, 0.3) is 11.1 Å². The lowest BCUT2D eigenvalue weighted by atomic mass is 10.0. The average molecular weight is 275 g/mol. The second-order valence-corrected chi connectivity index (χ2v) is 4.89. The van der Waals surface area contributed by atoms with E-state index in [1.807, 2.05) is 66.7 Å². The van der Waals surface area contributed by atoms with E-state index in [1.54, 1.807) is 0 Å². The van der Waals surface area contributed by atoms with Crippen molar-refractivity contribution in [2.24, 2.45) is 0 Å². The Balaban J connectivity index is 1.76. The van der Waals surface area contributed by atoms with Crippen LogP contribution in [-0.2, 0) is 6.61 Å². The summed E-state index contributed by atoms with van der Waals surface area (Å²) in [7, 11) is 0. The first-order chi connectivity index (χ1) is 10.3. The fourth-order valence-corrected chi connectivity index (χ4v) is 2.25. The quantitative estimate of drug-likeness (QED) is 0.711. The molecule has 0 fully saturated rings. The summed E-state index contributed by atoms with van der Waals surface area (Å²) in [5, 5.41) is 0. The lowest BCUT2D eigenvalue weighted by Crippen LogP contribution is -1.97. The number of nitrogen functional groups attached to an aromatic ring is 1. The third-order valence-corrected chi connectivity index (χ3v) is 3.36. The molecule has 21 heavy (non-hydrogen) atoms. The van der Waals surface area contributed by atoms with Crippen LogP contribution in [0, 0.1) is 0 Å². The molecule has 0 saturated heterocycles. The Morgan fingerprint density at radius 2 is 1.43 bits per heavy atom. The first kappa shape index (κ1) is 13.3. The van der Waals surface area contributed by atoms with E-state index in [2.05, 4.69) is 12.1 Å². The first-order valence-electron chi connectivity index (χ1n) is 6.94. The maximum Gasteiger partial charge on any atom is 0.121 e. The molecule has 0 unspecified atom stereocenters. The van der Waals surface area contributed by atoms with Crippen molar-refractivity contribution in [2.45, 2.75) is 6.61 Å². The van der Waals surface area contributed by atoms with Crippen molar-refractivity contribution in [3.05, 3.63) is 84.4 Å². The molecule has 104 valence electrons. The highest BCUT2D eigenvalue weighted by Gasteiger charge is 2.04. The number of rotatable bonds is 4. The minimum absolute atomic E-state index is 0.547. The van der Waals surface area contributed by atoms with Crippen molar-refractivity contribution in [3.63, 3.8) is 0 Å². The van der Waals surface area contributed by atoms with Gasteiger partial charge in [-0.25, -0.2) is 0 Å². The number of nitrogens with two attached hydrogens (primary N) is 1. The van der Waals surface area contributed by atoms with Crippen molar-refractivity contribution in [3.8, 4) is 16.9 Å². The maximum atomic E-state index is 6.14. The lowest BCUT2D eigenvalue weighted by Gasteiger charge is -2.10. The summed E-state index contributed by atoms with van der Waals surface area (Å²) < 4.78 is 5.78. The molecule has 0 aliphatic rings. The van der Waals surface area contributed by atoms with Gasteiger partial charge in [-0.15, -0.1) is 0 Å². The summed E-state index contributed by atoms with van der Waals surface area (Å²) in [4.78, 5) is 0. The SMILES string of the molecule is Nc1cc(OCc2ccccc2)ccc1-c1ccccc1. The molecule has 0 heterocycles. The zero-order chi connectivity index (χ0) is 14.5. The summed E-state index contributed by atoms with van der Waals surface area (Å²) in [6.45, 7) is 0.547. The van der Waals surface area contributed by atoms with Crippen LogP contribution in [0.15, 0.2) is 78.9 Å². The molecule has 0 aliphatic heterocycles. The Morgan fingerprint density at radius 3 is 2.10 bits per heavy atom. The van der Waals surface area contributed by atoms with Gasteiger partial charge >= 0.3 is 0 Å². The van der Waals surface area contributed by atoms with Gasteiger partial charge in [0.05, 0.1) is 0 Å². The van der Waals surface area contributed by atoms with E-state index in [4.69, 9.17) is 10.5 Å². The van der Waals surface area contributed by atoms with E-state index in [-0.39, 0.29) is 0 Å². The van der Waals surface area contributed by atoms with Gasteiger partial charge in [-0.3, -0.25) is 0 Å². The molecule has 0 aliphatic carbocycles. The molecule has 3 aromatic rings. The molecular formula is C19H17NO. The minimum atomic E-state index is 0.547. The van der Waals surface area contributed by atoms with Crippen LogP contribution in [-0.4, -0.2) is 0 Å². The monoisotopic (exact) mass is 275 g/mol. The molecule has 3 rings (SSSR count). The Morgan fingerprint density at radius 1 is 0.762 bits per heavy atom. The number of hydrogen-bond acceptors (Lipinski definition) is 2. The molecule has 0 bridgehead atoms. The Hall–Kier alpha value is -2.74. The molecule has 0 amide bonds. The molecular weight excluding hydrogens is 258 g/mol.